The quantitative estimate of drug-likeness (QED) is 0.865. The molecule has 0 atom stereocenters. The first-order chi connectivity index (χ1) is 7.88. The number of nitrogens with one attached hydrogen (secondary N) is 1. The lowest BCUT2D eigenvalue weighted by Gasteiger charge is -2.28. The maximum atomic E-state index is 11.4. The first-order valence-electron chi connectivity index (χ1n) is 5.78. The number of hydrogen-bond donors (Lipinski definition) is 2. The van der Waals surface area contributed by atoms with E-state index in [1.54, 1.807) is 12.1 Å². The summed E-state index contributed by atoms with van der Waals surface area (Å²) in [5.41, 5.74) is 2.92. The molecule has 17 heavy (non-hydrogen) atoms. The fraction of sp³-hybridized carbons (Fsp3) is 0.500. The van der Waals surface area contributed by atoms with Crippen molar-refractivity contribution >= 4 is 15.7 Å². The SMILES string of the molecule is Cc1cc(S(N)(=O)=O)cc(NC2CCC2)c1C. The van der Waals surface area contributed by atoms with Gasteiger partial charge < -0.3 is 5.32 Å². The molecule has 1 aromatic carbocycles. The predicted octanol–water partition coefficient (Wildman–Crippen LogP) is 1.92. The van der Waals surface area contributed by atoms with E-state index in [1.165, 1.54) is 6.42 Å². The molecule has 0 spiro atoms. The summed E-state index contributed by atoms with van der Waals surface area (Å²) in [6.07, 6.45) is 3.54. The van der Waals surface area contributed by atoms with Gasteiger partial charge in [-0.1, -0.05) is 0 Å². The molecule has 1 saturated carbocycles. The van der Waals surface area contributed by atoms with Crippen molar-refractivity contribution in [1.82, 2.24) is 0 Å². The highest BCUT2D eigenvalue weighted by atomic mass is 32.2. The van der Waals surface area contributed by atoms with Gasteiger partial charge in [-0.05, 0) is 56.4 Å². The van der Waals surface area contributed by atoms with E-state index in [1.807, 2.05) is 13.8 Å². The van der Waals surface area contributed by atoms with Crippen molar-refractivity contribution in [1.29, 1.82) is 0 Å². The number of benzene rings is 1. The summed E-state index contributed by atoms with van der Waals surface area (Å²) < 4.78 is 22.7. The number of rotatable bonds is 3. The zero-order valence-corrected chi connectivity index (χ0v) is 11.0. The van der Waals surface area contributed by atoms with Crippen LogP contribution < -0.4 is 10.5 Å². The number of aryl methyl sites for hydroxylation is 1. The summed E-state index contributed by atoms with van der Waals surface area (Å²) in [5, 5.41) is 8.55. The normalized spacial score (nSPS) is 16.6. The van der Waals surface area contributed by atoms with Crippen LogP contribution in [0.25, 0.3) is 0 Å². The molecule has 94 valence electrons. The third kappa shape index (κ3) is 2.61. The zero-order chi connectivity index (χ0) is 12.6. The van der Waals surface area contributed by atoms with Gasteiger partial charge in [0, 0.05) is 11.7 Å². The first kappa shape index (κ1) is 12.4. The summed E-state index contributed by atoms with van der Waals surface area (Å²) in [6.45, 7) is 3.89. The molecule has 0 aliphatic heterocycles. The lowest BCUT2D eigenvalue weighted by molar-refractivity contribution is 0.445. The molecule has 0 amide bonds. The van der Waals surface area contributed by atoms with Gasteiger partial charge >= 0.3 is 0 Å². The van der Waals surface area contributed by atoms with Crippen molar-refractivity contribution < 1.29 is 8.42 Å². The van der Waals surface area contributed by atoms with Crippen molar-refractivity contribution in [3.8, 4) is 0 Å². The molecule has 0 radical (unpaired) electrons. The summed E-state index contributed by atoms with van der Waals surface area (Å²) in [7, 11) is -3.63. The van der Waals surface area contributed by atoms with Crippen LogP contribution in [0.1, 0.15) is 30.4 Å². The van der Waals surface area contributed by atoms with Crippen molar-refractivity contribution in [2.75, 3.05) is 5.32 Å². The van der Waals surface area contributed by atoms with Crippen LogP contribution in [0.5, 0.6) is 0 Å². The molecule has 3 N–H and O–H groups in total. The van der Waals surface area contributed by atoms with Crippen molar-refractivity contribution in [3.05, 3.63) is 23.3 Å². The number of primary sulfonamides is 1. The molecule has 2 rings (SSSR count). The average molecular weight is 254 g/mol. The van der Waals surface area contributed by atoms with E-state index < -0.39 is 10.0 Å². The van der Waals surface area contributed by atoms with Crippen LogP contribution in [0, 0.1) is 13.8 Å². The second-order valence-corrected chi connectivity index (χ2v) is 6.29. The van der Waals surface area contributed by atoms with Gasteiger partial charge in [-0.15, -0.1) is 0 Å². The second-order valence-electron chi connectivity index (χ2n) is 4.73. The molecular weight excluding hydrogens is 236 g/mol. The molecule has 1 aliphatic rings. The summed E-state index contributed by atoms with van der Waals surface area (Å²) >= 11 is 0. The minimum atomic E-state index is -3.63. The maximum absolute atomic E-state index is 11.4. The molecule has 1 aliphatic carbocycles. The molecule has 1 fully saturated rings. The molecule has 5 heteroatoms. The van der Waals surface area contributed by atoms with E-state index in [9.17, 15) is 8.42 Å². The van der Waals surface area contributed by atoms with Gasteiger partial charge in [-0.3, -0.25) is 0 Å². The Morgan fingerprint density at radius 1 is 1.29 bits per heavy atom. The molecular formula is C12H18N2O2S. The van der Waals surface area contributed by atoms with Crippen LogP contribution in [-0.2, 0) is 10.0 Å². The Balaban J connectivity index is 2.39. The number of sulfonamides is 1. The highest BCUT2D eigenvalue weighted by molar-refractivity contribution is 7.89. The fourth-order valence-electron chi connectivity index (χ4n) is 1.91. The predicted molar refractivity (Wildman–Crippen MR) is 68.6 cm³/mol. The van der Waals surface area contributed by atoms with Crippen LogP contribution in [0.3, 0.4) is 0 Å². The second kappa shape index (κ2) is 4.31. The maximum Gasteiger partial charge on any atom is 0.238 e. The van der Waals surface area contributed by atoms with E-state index in [2.05, 4.69) is 5.32 Å². The van der Waals surface area contributed by atoms with Gasteiger partial charge in [0.25, 0.3) is 0 Å². The Morgan fingerprint density at radius 2 is 1.94 bits per heavy atom. The smallest absolute Gasteiger partial charge is 0.238 e. The van der Waals surface area contributed by atoms with Gasteiger partial charge in [0.1, 0.15) is 0 Å². The molecule has 0 bridgehead atoms. The Kier molecular flexibility index (Phi) is 3.14. The first-order valence-corrected chi connectivity index (χ1v) is 7.33. The van der Waals surface area contributed by atoms with Gasteiger partial charge in [-0.25, -0.2) is 13.6 Å². The van der Waals surface area contributed by atoms with Crippen LogP contribution in [0.4, 0.5) is 5.69 Å². The Hall–Kier alpha value is -1.07. The highest BCUT2D eigenvalue weighted by Gasteiger charge is 2.19. The van der Waals surface area contributed by atoms with E-state index >= 15 is 0 Å². The minimum absolute atomic E-state index is 0.183. The number of hydrogen-bond acceptors (Lipinski definition) is 3. The largest absolute Gasteiger partial charge is 0.382 e. The fourth-order valence-corrected chi connectivity index (χ4v) is 2.54. The van der Waals surface area contributed by atoms with Crippen LogP contribution in [-0.4, -0.2) is 14.5 Å². The molecule has 0 saturated heterocycles. The van der Waals surface area contributed by atoms with Crippen LogP contribution >= 0.6 is 0 Å². The monoisotopic (exact) mass is 254 g/mol. The average Bonchev–Trinajstić information content (AvgIpc) is 2.15. The summed E-state index contributed by atoms with van der Waals surface area (Å²) in [5.74, 6) is 0. The number of nitrogens with two attached hydrogens (primary N) is 1. The molecule has 4 nitrogen and oxygen atoms in total. The minimum Gasteiger partial charge on any atom is -0.382 e. The van der Waals surface area contributed by atoms with Crippen molar-refractivity contribution in [2.24, 2.45) is 5.14 Å². The van der Waals surface area contributed by atoms with Gasteiger partial charge in [0.2, 0.25) is 10.0 Å². The third-order valence-corrected chi connectivity index (χ3v) is 4.33. The van der Waals surface area contributed by atoms with Crippen LogP contribution in [0.2, 0.25) is 0 Å². The van der Waals surface area contributed by atoms with E-state index in [0.717, 1.165) is 29.7 Å². The van der Waals surface area contributed by atoms with E-state index in [4.69, 9.17) is 5.14 Å². The standard InChI is InChI=1S/C12H18N2O2S/c1-8-6-11(17(13,15)16)7-12(9(8)2)14-10-4-3-5-10/h6-7,10,14H,3-5H2,1-2H3,(H2,13,15,16). The van der Waals surface area contributed by atoms with E-state index in [-0.39, 0.29) is 4.90 Å². The molecule has 0 aromatic heterocycles. The van der Waals surface area contributed by atoms with Gasteiger partial charge in [0.05, 0.1) is 4.90 Å². The molecule has 1 aromatic rings. The van der Waals surface area contributed by atoms with Gasteiger partial charge in [-0.2, -0.15) is 0 Å². The highest BCUT2D eigenvalue weighted by Crippen LogP contribution is 2.28. The summed E-state index contributed by atoms with van der Waals surface area (Å²) in [6, 6.07) is 3.73. The topological polar surface area (TPSA) is 72.2 Å². The van der Waals surface area contributed by atoms with Crippen molar-refractivity contribution in [2.45, 2.75) is 44.0 Å². The lowest BCUT2D eigenvalue weighted by Crippen LogP contribution is -2.27. The van der Waals surface area contributed by atoms with Crippen molar-refractivity contribution in [3.63, 3.8) is 0 Å². The molecule has 0 unspecified atom stereocenters. The lowest BCUT2D eigenvalue weighted by atomic mass is 9.92. The molecule has 0 heterocycles. The Morgan fingerprint density at radius 3 is 2.41 bits per heavy atom. The Labute approximate surface area is 102 Å². The third-order valence-electron chi connectivity index (χ3n) is 3.43. The van der Waals surface area contributed by atoms with Gasteiger partial charge in [0.15, 0.2) is 0 Å². The van der Waals surface area contributed by atoms with E-state index in [0.29, 0.717) is 6.04 Å². The number of anilines is 1. The van der Waals surface area contributed by atoms with Crippen LogP contribution in [0.15, 0.2) is 17.0 Å². The zero-order valence-electron chi connectivity index (χ0n) is 10.2. The summed E-state index contributed by atoms with van der Waals surface area (Å²) in [4.78, 5) is 0.183. The Bertz CT molecular complexity index is 534.